The summed E-state index contributed by atoms with van der Waals surface area (Å²) in [6, 6.07) is 137. The maximum Gasteiger partial charge on any atom is 0.115 e. The van der Waals surface area contributed by atoms with Crippen LogP contribution in [0.1, 0.15) is 0 Å². The van der Waals surface area contributed by atoms with E-state index >= 15 is 0 Å². The highest BCUT2D eigenvalue weighted by atomic mass is 14.9. The van der Waals surface area contributed by atoms with Crippen molar-refractivity contribution < 1.29 is 0 Å². The van der Waals surface area contributed by atoms with Crippen LogP contribution >= 0.6 is 0 Å². The Kier molecular flexibility index (Phi) is 19.7. The monoisotopic (exact) mass is 1610 g/mol. The zero-order valence-electron chi connectivity index (χ0n) is 68.1. The van der Waals surface area contributed by atoms with Crippen molar-refractivity contribution in [2.24, 2.45) is 0 Å². The number of benzene rings is 18. The van der Waals surface area contributed by atoms with Crippen LogP contribution in [0.15, 0.2) is 444 Å². The van der Waals surface area contributed by atoms with Gasteiger partial charge < -0.3 is 0 Å². The van der Waals surface area contributed by atoms with E-state index in [0.717, 1.165) is 140 Å². The molecule has 24 rings (SSSR count). The molecule has 18 aromatic carbocycles. The molecule has 0 atom stereocenters. The van der Waals surface area contributed by atoms with Gasteiger partial charge >= 0.3 is 0 Å². The summed E-state index contributed by atoms with van der Waals surface area (Å²) in [6.45, 7) is 0. The lowest BCUT2D eigenvalue weighted by molar-refractivity contribution is 1.17. The van der Waals surface area contributed by atoms with E-state index in [2.05, 4.69) is 286 Å². The van der Waals surface area contributed by atoms with E-state index in [0.29, 0.717) is 0 Å². The summed E-state index contributed by atoms with van der Waals surface area (Å²) >= 11 is 0. The SMILES string of the molecule is c1ccc(-c2nc3ccccc3nc2-c2ccc(-c3c4ccccc4c(-c4cccnc4)c4ccccc34)cc2)cc1.c1ccc(-c2nc3ccccc3nc2-c2ccc(-c3c4ccccc4c(-c4cncnc4)c4ccccc34)cc2)cc1.c1ccc(-c2nc3ccccc3nc2-c2ccc(-c3c4ccccc4c(-c4cncnc4)c4ccccc34)cc2)cc1. The van der Waals surface area contributed by atoms with Crippen LogP contribution in [-0.2, 0) is 0 Å². The number of hydrogen-bond acceptors (Lipinski definition) is 11. The predicted octanol–water partition coefficient (Wildman–Crippen LogP) is 28.8. The van der Waals surface area contributed by atoms with Crippen LogP contribution in [0.3, 0.4) is 0 Å². The summed E-state index contributed by atoms with van der Waals surface area (Å²) in [5, 5.41) is 14.4. The molecule has 0 spiro atoms. The number of fused-ring (bicyclic) bond motifs is 9. The lowest BCUT2D eigenvalue weighted by Crippen LogP contribution is -1.95. The standard InChI is InChI=1S/C39H25N3.2C38H24N4/c1-2-11-27(12-3-1)38-39(42-35-19-9-8-18-34(35)41-38)28-22-20-26(21-23-28)36-30-14-4-6-16-32(30)37(29-13-10-24-40-25-29)33-17-7-5-15-31(33)36;2*1-2-10-26(11-3-1)37-38(42-34-17-9-8-16-33(34)41-37)27-20-18-25(19-21-27)35-29-12-4-6-14-31(29)36(28-22-39-24-40-23-28)32-15-7-5-13-30(32)35/h1-25H;2*1-24H. The molecule has 11 nitrogen and oxygen atoms in total. The van der Waals surface area contributed by atoms with Crippen LogP contribution in [0.25, 0.3) is 232 Å². The Morgan fingerprint density at radius 2 is 0.286 bits per heavy atom. The van der Waals surface area contributed by atoms with Gasteiger partial charge in [-0.05, 0) is 146 Å². The lowest BCUT2D eigenvalue weighted by atomic mass is 9.86. The third-order valence-electron chi connectivity index (χ3n) is 23.6. The summed E-state index contributed by atoms with van der Waals surface area (Å²) in [5.74, 6) is 0. The molecule has 6 heterocycles. The zero-order chi connectivity index (χ0) is 83.6. The normalized spacial score (nSPS) is 11.3. The Morgan fingerprint density at radius 1 is 0.119 bits per heavy atom. The minimum Gasteiger partial charge on any atom is -0.264 e. The van der Waals surface area contributed by atoms with Crippen LogP contribution in [0.5, 0.6) is 0 Å². The van der Waals surface area contributed by atoms with Gasteiger partial charge in [0, 0.05) is 98.4 Å². The van der Waals surface area contributed by atoms with Crippen LogP contribution in [0.4, 0.5) is 0 Å². The number of pyridine rings is 1. The van der Waals surface area contributed by atoms with Gasteiger partial charge in [0.1, 0.15) is 12.7 Å². The largest absolute Gasteiger partial charge is 0.264 e. The van der Waals surface area contributed by atoms with Gasteiger partial charge in [-0.1, -0.05) is 352 Å². The van der Waals surface area contributed by atoms with Gasteiger partial charge in [0.25, 0.3) is 0 Å². The predicted molar refractivity (Wildman–Crippen MR) is 518 cm³/mol. The van der Waals surface area contributed by atoms with E-state index in [1.807, 2.05) is 171 Å². The fraction of sp³-hybridized carbons (Fsp3) is 0. The molecular formula is C115H73N11. The van der Waals surface area contributed by atoms with Crippen molar-refractivity contribution in [3.63, 3.8) is 0 Å². The molecule has 0 saturated carbocycles. The summed E-state index contributed by atoms with van der Waals surface area (Å²) in [7, 11) is 0. The number of para-hydroxylation sites is 6. The van der Waals surface area contributed by atoms with Crippen LogP contribution in [0.2, 0.25) is 0 Å². The van der Waals surface area contributed by atoms with E-state index in [9.17, 15) is 0 Å². The van der Waals surface area contributed by atoms with Gasteiger partial charge in [-0.25, -0.2) is 49.8 Å². The van der Waals surface area contributed by atoms with Crippen molar-refractivity contribution in [3.8, 4) is 134 Å². The van der Waals surface area contributed by atoms with Crippen molar-refractivity contribution in [3.05, 3.63) is 444 Å². The van der Waals surface area contributed by atoms with Crippen LogP contribution in [-0.4, -0.2) is 54.8 Å². The summed E-state index contributed by atoms with van der Waals surface area (Å²) < 4.78 is 0. The smallest absolute Gasteiger partial charge is 0.115 e. The Balaban J connectivity index is 0.000000112. The van der Waals surface area contributed by atoms with Crippen molar-refractivity contribution in [2.45, 2.75) is 0 Å². The van der Waals surface area contributed by atoms with Crippen molar-refractivity contribution in [1.29, 1.82) is 0 Å². The highest BCUT2D eigenvalue weighted by Crippen LogP contribution is 2.49. The van der Waals surface area contributed by atoms with Gasteiger partial charge in [0.05, 0.1) is 67.3 Å². The molecular weight excluding hydrogens is 1540 g/mol. The number of hydrogen-bond donors (Lipinski definition) is 0. The topological polar surface area (TPSA) is 142 Å². The van der Waals surface area contributed by atoms with E-state index in [1.54, 1.807) is 12.7 Å². The van der Waals surface area contributed by atoms with E-state index in [4.69, 9.17) is 29.9 Å². The third-order valence-corrected chi connectivity index (χ3v) is 23.6. The maximum atomic E-state index is 5.10. The Bertz CT molecular complexity index is 7270. The summed E-state index contributed by atoms with van der Waals surface area (Å²) in [4.78, 5) is 52.2. The summed E-state index contributed by atoms with van der Waals surface area (Å²) in [6.07, 6.45) is 14.5. The highest BCUT2D eigenvalue weighted by molar-refractivity contribution is 6.24. The molecule has 0 aliphatic heterocycles. The zero-order valence-corrected chi connectivity index (χ0v) is 68.1. The molecule has 6 aromatic heterocycles. The second-order valence-corrected chi connectivity index (χ2v) is 31.1. The van der Waals surface area contributed by atoms with Crippen molar-refractivity contribution in [2.75, 3.05) is 0 Å². The Labute approximate surface area is 726 Å². The molecule has 588 valence electrons. The number of nitrogens with zero attached hydrogens (tertiary/aromatic N) is 11. The molecule has 0 aliphatic carbocycles. The minimum absolute atomic E-state index is 0.876. The average Bonchev–Trinajstić information content (AvgIpc) is 0.740. The highest BCUT2D eigenvalue weighted by Gasteiger charge is 2.24. The molecule has 11 heteroatoms. The molecule has 126 heavy (non-hydrogen) atoms. The quantitative estimate of drug-likeness (QED) is 0.108. The molecule has 0 unspecified atom stereocenters. The van der Waals surface area contributed by atoms with Gasteiger partial charge in [-0.2, -0.15) is 0 Å². The van der Waals surface area contributed by atoms with Crippen LogP contribution in [0, 0.1) is 0 Å². The fourth-order valence-corrected chi connectivity index (χ4v) is 18.0. The first kappa shape index (κ1) is 75.1. The Morgan fingerprint density at radius 3 is 0.500 bits per heavy atom. The van der Waals surface area contributed by atoms with Crippen LogP contribution < -0.4 is 0 Å². The molecule has 0 fully saturated rings. The second kappa shape index (κ2) is 33.1. The van der Waals surface area contributed by atoms with Gasteiger partial charge in [-0.3, -0.25) is 4.98 Å². The van der Waals surface area contributed by atoms with Gasteiger partial charge in [0.15, 0.2) is 0 Å². The van der Waals surface area contributed by atoms with Gasteiger partial charge in [0.2, 0.25) is 0 Å². The fourth-order valence-electron chi connectivity index (χ4n) is 18.0. The first-order chi connectivity index (χ1) is 62.5. The molecule has 24 aromatic rings. The number of rotatable bonds is 12. The van der Waals surface area contributed by atoms with Gasteiger partial charge in [-0.15, -0.1) is 0 Å². The second-order valence-electron chi connectivity index (χ2n) is 31.1. The van der Waals surface area contributed by atoms with Crippen molar-refractivity contribution >= 4 is 97.7 Å². The molecule has 0 saturated heterocycles. The maximum absolute atomic E-state index is 5.10. The van der Waals surface area contributed by atoms with E-state index in [1.165, 1.54) is 92.5 Å². The summed E-state index contributed by atoms with van der Waals surface area (Å²) in [5.41, 5.74) is 30.6. The van der Waals surface area contributed by atoms with Crippen molar-refractivity contribution in [1.82, 2.24) is 54.8 Å². The Hall–Kier alpha value is -17.2. The lowest BCUT2D eigenvalue weighted by Gasteiger charge is -2.18. The molecule has 0 aliphatic rings. The molecule has 0 amide bonds. The first-order valence-corrected chi connectivity index (χ1v) is 42.1. The van der Waals surface area contributed by atoms with E-state index in [-0.39, 0.29) is 0 Å². The first-order valence-electron chi connectivity index (χ1n) is 42.1. The average molecular weight is 1610 g/mol. The molecule has 0 N–H and O–H groups in total. The minimum atomic E-state index is 0.876. The van der Waals surface area contributed by atoms with E-state index < -0.39 is 0 Å². The third kappa shape index (κ3) is 14.1. The molecule has 0 bridgehead atoms. The number of aromatic nitrogens is 11. The molecule has 0 radical (unpaired) electrons.